The number of fused-ring (bicyclic) bond motifs is 1. The Bertz CT molecular complexity index is 965. The number of Topliss-reactive ketones (excluding diaryl/α,β-unsaturated/α-hetero) is 1. The molecule has 0 saturated heterocycles. The molecule has 3 rings (SSSR count). The molecule has 0 radical (unpaired) electrons. The number of benzene rings is 2. The van der Waals surface area contributed by atoms with Gasteiger partial charge in [0.25, 0.3) is 11.8 Å². The van der Waals surface area contributed by atoms with Crippen LogP contribution in [0.25, 0.3) is 0 Å². The van der Waals surface area contributed by atoms with Crippen molar-refractivity contribution in [3.05, 3.63) is 70.2 Å². The summed E-state index contributed by atoms with van der Waals surface area (Å²) in [5, 5.41) is 0.389. The predicted octanol–water partition coefficient (Wildman–Crippen LogP) is 3.78. The summed E-state index contributed by atoms with van der Waals surface area (Å²) in [6, 6.07) is 11.6. The highest BCUT2D eigenvalue weighted by molar-refractivity contribution is 6.31. The minimum absolute atomic E-state index is 0.249. The quantitative estimate of drug-likeness (QED) is 0.409. The van der Waals surface area contributed by atoms with Crippen molar-refractivity contribution in [1.82, 2.24) is 4.90 Å². The van der Waals surface area contributed by atoms with Crippen LogP contribution in [-0.4, -0.2) is 40.6 Å². The fourth-order valence-electron chi connectivity index (χ4n) is 3.31. The summed E-state index contributed by atoms with van der Waals surface area (Å²) in [6.45, 7) is 4.86. The number of hydrogen-bond acceptors (Lipinski definition) is 5. The Hall–Kier alpha value is -2.99. The summed E-state index contributed by atoms with van der Waals surface area (Å²) in [6.07, 6.45) is -1.10. The Morgan fingerprint density at radius 1 is 0.931 bits per heavy atom. The molecule has 0 N–H and O–H groups in total. The lowest BCUT2D eigenvalue weighted by Crippen LogP contribution is -2.49. The molecule has 1 aliphatic rings. The van der Waals surface area contributed by atoms with Crippen LogP contribution in [0, 0.1) is 5.92 Å². The maximum absolute atomic E-state index is 12.9. The third-order valence-corrected chi connectivity index (χ3v) is 4.98. The van der Waals surface area contributed by atoms with Crippen molar-refractivity contribution in [2.45, 2.75) is 32.9 Å². The van der Waals surface area contributed by atoms with Crippen LogP contribution in [0.15, 0.2) is 48.5 Å². The van der Waals surface area contributed by atoms with E-state index in [0.717, 1.165) is 4.90 Å². The standard InChI is InChI=1S/C22H20ClNO5/c1-12(2)18(24-20(26)16-9-4-5-10-17(16)21(24)27)22(28)29-13(3)19(25)14-7-6-8-15(23)11-14/h4-13,18H,1-3H3/t13?,18-/m0/s1. The second-order valence-electron chi connectivity index (χ2n) is 7.17. The van der Waals surface area contributed by atoms with Gasteiger partial charge in [-0.05, 0) is 37.1 Å². The summed E-state index contributed by atoms with van der Waals surface area (Å²) in [5.74, 6) is -2.73. The zero-order valence-corrected chi connectivity index (χ0v) is 17.0. The summed E-state index contributed by atoms with van der Waals surface area (Å²) < 4.78 is 5.36. The molecule has 0 spiro atoms. The second-order valence-corrected chi connectivity index (χ2v) is 7.60. The van der Waals surface area contributed by atoms with Crippen molar-refractivity contribution in [2.75, 3.05) is 0 Å². The van der Waals surface area contributed by atoms with E-state index >= 15 is 0 Å². The lowest BCUT2D eigenvalue weighted by atomic mass is 10.0. The zero-order chi connectivity index (χ0) is 21.3. The molecule has 0 aromatic heterocycles. The SMILES string of the molecule is CC(OC(=O)[C@H](C(C)C)N1C(=O)c2ccccc2C1=O)C(=O)c1cccc(Cl)c1. The fraction of sp³-hybridized carbons (Fsp3) is 0.273. The molecule has 1 unspecified atom stereocenters. The van der Waals surface area contributed by atoms with E-state index in [1.165, 1.54) is 13.0 Å². The van der Waals surface area contributed by atoms with E-state index in [1.54, 1.807) is 56.3 Å². The molecule has 2 aromatic carbocycles. The van der Waals surface area contributed by atoms with Crippen LogP contribution in [0.2, 0.25) is 5.02 Å². The summed E-state index contributed by atoms with van der Waals surface area (Å²) in [7, 11) is 0. The molecule has 29 heavy (non-hydrogen) atoms. The van der Waals surface area contributed by atoms with Gasteiger partial charge in [0, 0.05) is 10.6 Å². The van der Waals surface area contributed by atoms with Gasteiger partial charge in [-0.15, -0.1) is 0 Å². The smallest absolute Gasteiger partial charge is 0.330 e. The van der Waals surface area contributed by atoms with Crippen LogP contribution in [0.1, 0.15) is 51.8 Å². The first-order valence-electron chi connectivity index (χ1n) is 9.19. The third-order valence-electron chi connectivity index (χ3n) is 4.75. The molecule has 1 heterocycles. The molecule has 7 heteroatoms. The molecule has 0 saturated carbocycles. The largest absolute Gasteiger partial charge is 0.453 e. The van der Waals surface area contributed by atoms with Gasteiger partial charge in [-0.1, -0.05) is 49.7 Å². The van der Waals surface area contributed by atoms with Gasteiger partial charge < -0.3 is 4.74 Å². The molecule has 150 valence electrons. The van der Waals surface area contributed by atoms with E-state index in [-0.39, 0.29) is 11.1 Å². The van der Waals surface area contributed by atoms with Gasteiger partial charge in [-0.25, -0.2) is 4.79 Å². The van der Waals surface area contributed by atoms with E-state index in [2.05, 4.69) is 0 Å². The molecular formula is C22H20ClNO5. The predicted molar refractivity (Wildman–Crippen MR) is 107 cm³/mol. The van der Waals surface area contributed by atoms with Crippen LogP contribution in [0.3, 0.4) is 0 Å². The summed E-state index contributed by atoms with van der Waals surface area (Å²) in [5.41, 5.74) is 0.803. The highest BCUT2D eigenvalue weighted by atomic mass is 35.5. The van der Waals surface area contributed by atoms with Gasteiger partial charge in [0.2, 0.25) is 5.78 Å². The number of esters is 1. The topological polar surface area (TPSA) is 80.8 Å². The highest BCUT2D eigenvalue weighted by Crippen LogP contribution is 2.28. The lowest BCUT2D eigenvalue weighted by molar-refractivity contribution is -0.152. The lowest BCUT2D eigenvalue weighted by Gasteiger charge is -2.28. The van der Waals surface area contributed by atoms with Gasteiger partial charge in [-0.2, -0.15) is 0 Å². The number of imide groups is 1. The monoisotopic (exact) mass is 413 g/mol. The van der Waals surface area contributed by atoms with Crippen LogP contribution in [-0.2, 0) is 9.53 Å². The Morgan fingerprint density at radius 2 is 1.52 bits per heavy atom. The van der Waals surface area contributed by atoms with Crippen molar-refractivity contribution in [3.8, 4) is 0 Å². The van der Waals surface area contributed by atoms with Gasteiger partial charge in [0.05, 0.1) is 11.1 Å². The average molecular weight is 414 g/mol. The zero-order valence-electron chi connectivity index (χ0n) is 16.2. The van der Waals surface area contributed by atoms with Crippen LogP contribution in [0.5, 0.6) is 0 Å². The third kappa shape index (κ3) is 3.93. The second kappa shape index (κ2) is 8.17. The van der Waals surface area contributed by atoms with E-state index in [4.69, 9.17) is 16.3 Å². The van der Waals surface area contributed by atoms with Gasteiger partial charge >= 0.3 is 5.97 Å². The Balaban J connectivity index is 1.81. The summed E-state index contributed by atoms with van der Waals surface area (Å²) >= 11 is 5.91. The average Bonchev–Trinajstić information content (AvgIpc) is 2.93. The maximum atomic E-state index is 12.9. The number of nitrogens with zero attached hydrogens (tertiary/aromatic N) is 1. The number of carbonyl (C=O) groups is 4. The van der Waals surface area contributed by atoms with Crippen LogP contribution < -0.4 is 0 Å². The first kappa shape index (κ1) is 20.7. The normalized spacial score (nSPS) is 15.3. The number of halogens is 1. The van der Waals surface area contributed by atoms with E-state index < -0.39 is 41.6 Å². The van der Waals surface area contributed by atoms with Gasteiger partial charge in [0.15, 0.2) is 6.10 Å². The fourth-order valence-corrected chi connectivity index (χ4v) is 3.50. The van der Waals surface area contributed by atoms with Crippen LogP contribution in [0.4, 0.5) is 0 Å². The number of carbonyl (C=O) groups excluding carboxylic acids is 4. The summed E-state index contributed by atoms with van der Waals surface area (Å²) in [4.78, 5) is 51.9. The Kier molecular flexibility index (Phi) is 5.84. The van der Waals surface area contributed by atoms with Crippen LogP contribution >= 0.6 is 11.6 Å². The van der Waals surface area contributed by atoms with E-state index in [1.807, 2.05) is 0 Å². The van der Waals surface area contributed by atoms with E-state index in [0.29, 0.717) is 10.6 Å². The minimum Gasteiger partial charge on any atom is -0.453 e. The molecule has 2 atom stereocenters. The molecular weight excluding hydrogens is 394 g/mol. The van der Waals surface area contributed by atoms with Crippen molar-refractivity contribution >= 4 is 35.2 Å². The highest BCUT2D eigenvalue weighted by Gasteiger charge is 2.45. The van der Waals surface area contributed by atoms with Gasteiger partial charge in [-0.3, -0.25) is 19.3 Å². The van der Waals surface area contributed by atoms with Crippen molar-refractivity contribution in [1.29, 1.82) is 0 Å². The first-order chi connectivity index (χ1) is 13.7. The molecule has 2 amide bonds. The molecule has 1 aliphatic heterocycles. The number of amides is 2. The Morgan fingerprint density at radius 3 is 2.03 bits per heavy atom. The van der Waals surface area contributed by atoms with E-state index in [9.17, 15) is 19.2 Å². The maximum Gasteiger partial charge on any atom is 0.330 e. The molecule has 6 nitrogen and oxygen atoms in total. The van der Waals surface area contributed by atoms with Crippen molar-refractivity contribution in [3.63, 3.8) is 0 Å². The number of hydrogen-bond donors (Lipinski definition) is 0. The molecule has 2 aromatic rings. The number of rotatable bonds is 6. The first-order valence-corrected chi connectivity index (χ1v) is 9.57. The molecule has 0 aliphatic carbocycles. The van der Waals surface area contributed by atoms with Gasteiger partial charge in [0.1, 0.15) is 6.04 Å². The number of ether oxygens (including phenoxy) is 1. The number of ketones is 1. The van der Waals surface area contributed by atoms with Crippen molar-refractivity contribution < 1.29 is 23.9 Å². The Labute approximate surface area is 173 Å². The van der Waals surface area contributed by atoms with Crippen molar-refractivity contribution in [2.24, 2.45) is 5.92 Å². The molecule has 0 bridgehead atoms. The molecule has 0 fully saturated rings. The minimum atomic E-state index is -1.14.